The Balaban J connectivity index is 0.808. The van der Waals surface area contributed by atoms with Gasteiger partial charge in [-0.3, -0.25) is 4.79 Å². The van der Waals surface area contributed by atoms with E-state index < -0.39 is 6.97 Å². The van der Waals surface area contributed by atoms with Crippen LogP contribution in [0.5, 0.6) is 5.75 Å². The van der Waals surface area contributed by atoms with Gasteiger partial charge in [-0.2, -0.15) is 0 Å². The Morgan fingerprint density at radius 1 is 0.712 bits per heavy atom. The summed E-state index contributed by atoms with van der Waals surface area (Å²) < 4.78 is 43.6. The number of rotatable bonds is 6. The molecule has 4 nitrogen and oxygen atoms in total. The molecular weight excluding hydrogens is 817 g/mol. The summed E-state index contributed by atoms with van der Waals surface area (Å²) >= 11 is 0. The lowest BCUT2D eigenvalue weighted by atomic mass is 9.79. The number of benzene rings is 6. The number of aryl methyl sites for hydroxylation is 1. The van der Waals surface area contributed by atoms with E-state index in [0.717, 1.165) is 78.9 Å². The van der Waals surface area contributed by atoms with E-state index in [4.69, 9.17) is 4.74 Å². The number of esters is 1. The SMILES string of the molecule is CC1=[N+]2C(=C(c3ccc(OC(=O)CCCc4ccc5c6cc(C(C)(C)C)cc7cc(C(C)(C)C)cc(c8cccc4c85)c76)cc3)c3c4c(c(C)n3[B-]2(F)F)C2CCC4C2)C2=C1C1CCC2C1. The fourth-order valence-corrected chi connectivity index (χ4v) is 14.4. The van der Waals surface area contributed by atoms with Crippen molar-refractivity contribution < 1.29 is 22.6 Å². The standard InChI is InChI=1S/C59H59BF2N2O2/c1-31-49-35-15-17-37(25-35)52(49)56-54(57-53-38-18-16-36(26-38)50(53)32(2)64(57)60(61,62)63(31)56)34-19-22-42(23-20-34)66-48(65)14-9-11-33-21-24-45-47-30-41(59(6,7)8)28-39-27-40(58(3,4)5)29-46(51(39)47)44-13-10-12-43(33)55(44)45/h10,12-13,19-24,27-30,35-38H,9,11,14-18,25-26H2,1-8H3. The van der Waals surface area contributed by atoms with Gasteiger partial charge in [-0.25, -0.2) is 0 Å². The number of carbonyl (C=O) groups is 1. The summed E-state index contributed by atoms with van der Waals surface area (Å²) in [5.41, 5.74) is 13.5. The molecule has 2 aliphatic heterocycles. The van der Waals surface area contributed by atoms with Gasteiger partial charge < -0.3 is 22.3 Å². The Labute approximate surface area is 386 Å². The number of hydrogen-bond donors (Lipinski definition) is 0. The summed E-state index contributed by atoms with van der Waals surface area (Å²) in [7, 11) is 0. The predicted octanol–water partition coefficient (Wildman–Crippen LogP) is 14.9. The fourth-order valence-electron chi connectivity index (χ4n) is 14.4. The van der Waals surface area contributed by atoms with E-state index in [1.54, 1.807) is 0 Å². The van der Waals surface area contributed by atoms with E-state index in [2.05, 4.69) is 96.1 Å². The van der Waals surface area contributed by atoms with Crippen LogP contribution in [0.1, 0.15) is 156 Å². The molecule has 3 heterocycles. The van der Waals surface area contributed by atoms with Crippen molar-refractivity contribution in [1.82, 2.24) is 4.48 Å². The molecule has 4 unspecified atom stereocenters. The van der Waals surface area contributed by atoms with Crippen molar-refractivity contribution in [3.63, 3.8) is 0 Å². The number of allylic oxidation sites excluding steroid dienone is 2. The summed E-state index contributed by atoms with van der Waals surface area (Å²) in [6, 6.07) is 28.7. The monoisotopic (exact) mass is 876 g/mol. The van der Waals surface area contributed by atoms with E-state index in [-0.39, 0.29) is 23.2 Å². The average molecular weight is 877 g/mol. The van der Waals surface area contributed by atoms with Gasteiger partial charge in [0.05, 0.1) is 5.57 Å². The minimum absolute atomic E-state index is 0.00237. The first-order valence-corrected chi connectivity index (χ1v) is 24.9. The molecule has 0 N–H and O–H groups in total. The van der Waals surface area contributed by atoms with Crippen LogP contribution in [0.15, 0.2) is 95.7 Å². The van der Waals surface area contributed by atoms with Gasteiger partial charge in [0.2, 0.25) is 0 Å². The second kappa shape index (κ2) is 13.5. The molecule has 7 heteroatoms. The second-order valence-electron chi connectivity index (χ2n) is 23.1. The average Bonchev–Trinajstić information content (AvgIpc) is 4.14. The topological polar surface area (TPSA) is 34.2 Å². The van der Waals surface area contributed by atoms with E-state index >= 15 is 8.63 Å². The largest absolute Gasteiger partial charge is 0.737 e. The molecular formula is C59H59BF2N2O2. The molecule has 334 valence electrons. The van der Waals surface area contributed by atoms with Gasteiger partial charge in [0.1, 0.15) is 11.5 Å². The predicted molar refractivity (Wildman–Crippen MR) is 267 cm³/mol. The van der Waals surface area contributed by atoms with Crippen molar-refractivity contribution in [2.24, 2.45) is 11.8 Å². The highest BCUT2D eigenvalue weighted by atomic mass is 19.2. The number of nitrogens with zero attached hydrogens (tertiary/aromatic N) is 2. The smallest absolute Gasteiger partial charge is 0.427 e. The van der Waals surface area contributed by atoms with Crippen LogP contribution in [0.2, 0.25) is 0 Å². The Bertz CT molecular complexity index is 3360. The summed E-state index contributed by atoms with van der Waals surface area (Å²) in [4.78, 5) is 13.6. The van der Waals surface area contributed by atoms with Crippen molar-refractivity contribution >= 4 is 67.3 Å². The number of carbonyl (C=O) groups excluding carboxylic acids is 1. The van der Waals surface area contributed by atoms with Gasteiger partial charge in [-0.1, -0.05) is 96.1 Å². The minimum atomic E-state index is -4.06. The second-order valence-corrected chi connectivity index (χ2v) is 23.1. The zero-order chi connectivity index (χ0) is 45.5. The highest BCUT2D eigenvalue weighted by Crippen LogP contribution is 2.62. The van der Waals surface area contributed by atoms with Gasteiger partial charge in [0.25, 0.3) is 0 Å². The summed E-state index contributed by atoms with van der Waals surface area (Å²) in [5, 5.41) is 10.3. The highest BCUT2D eigenvalue weighted by molar-refractivity contribution is 6.58. The maximum absolute atomic E-state index is 17.3. The number of ether oxygens (including phenoxy) is 1. The molecule has 0 spiro atoms. The van der Waals surface area contributed by atoms with Gasteiger partial charge >= 0.3 is 12.9 Å². The molecule has 1 aromatic heterocycles. The van der Waals surface area contributed by atoms with E-state index in [1.807, 2.05) is 38.1 Å². The first-order valence-electron chi connectivity index (χ1n) is 24.9. The van der Waals surface area contributed by atoms with Gasteiger partial charge in [0, 0.05) is 30.2 Å². The number of hydrogen-bond acceptors (Lipinski definition) is 2. The van der Waals surface area contributed by atoms with Crippen molar-refractivity contribution in [2.45, 2.75) is 136 Å². The molecule has 6 aromatic carbocycles. The Kier molecular flexibility index (Phi) is 8.35. The normalized spacial score (nSPS) is 22.8. The van der Waals surface area contributed by atoms with Crippen LogP contribution in [0.25, 0.3) is 48.7 Å². The molecule has 13 rings (SSSR count). The third kappa shape index (κ3) is 5.49. The molecule has 0 amide bonds. The van der Waals surface area contributed by atoms with Gasteiger partial charge in [-0.15, -0.1) is 0 Å². The van der Waals surface area contributed by atoms with Crippen LogP contribution >= 0.6 is 0 Å². The molecule has 4 atom stereocenters. The number of aromatic nitrogens is 1. The fraction of sp³-hybridized carbons (Fsp3) is 0.390. The Morgan fingerprint density at radius 2 is 1.32 bits per heavy atom. The number of halogens is 2. The van der Waals surface area contributed by atoms with Crippen LogP contribution in [0.4, 0.5) is 8.63 Å². The summed E-state index contributed by atoms with van der Waals surface area (Å²) in [5.74, 6) is 1.63. The lowest BCUT2D eigenvalue weighted by molar-refractivity contribution is -0.364. The first kappa shape index (κ1) is 40.7. The van der Waals surface area contributed by atoms with Crippen molar-refractivity contribution in [3.05, 3.63) is 140 Å². The first-order chi connectivity index (χ1) is 31.5. The van der Waals surface area contributed by atoms with E-state index in [9.17, 15) is 4.79 Å². The van der Waals surface area contributed by atoms with Crippen LogP contribution in [-0.4, -0.2) is 27.6 Å². The van der Waals surface area contributed by atoms with Crippen molar-refractivity contribution in [1.29, 1.82) is 0 Å². The molecule has 4 aliphatic carbocycles. The van der Waals surface area contributed by atoms with E-state index in [1.165, 1.54) is 91.0 Å². The van der Waals surface area contributed by atoms with Gasteiger partial charge in [-0.05, 0) is 199 Å². The van der Waals surface area contributed by atoms with Crippen LogP contribution in [0, 0.1) is 18.8 Å². The van der Waals surface area contributed by atoms with Crippen molar-refractivity contribution in [3.8, 4) is 5.75 Å². The third-order valence-electron chi connectivity index (χ3n) is 17.4. The molecule has 4 bridgehead atoms. The zero-order valence-corrected chi connectivity index (χ0v) is 39.7. The molecule has 7 aromatic rings. The highest BCUT2D eigenvalue weighted by Gasteiger charge is 2.62. The lowest BCUT2D eigenvalue weighted by Gasteiger charge is -2.35. The van der Waals surface area contributed by atoms with Crippen LogP contribution in [-0.2, 0) is 22.0 Å². The molecule has 6 aliphatic rings. The minimum Gasteiger partial charge on any atom is -0.427 e. The zero-order valence-electron chi connectivity index (χ0n) is 39.7. The molecule has 2 fully saturated rings. The van der Waals surface area contributed by atoms with Crippen LogP contribution < -0.4 is 4.74 Å². The molecule has 0 saturated heterocycles. The maximum Gasteiger partial charge on any atom is 0.737 e. The summed E-state index contributed by atoms with van der Waals surface area (Å²) in [6.07, 6.45) is 8.17. The Morgan fingerprint density at radius 3 is 2.00 bits per heavy atom. The van der Waals surface area contributed by atoms with Gasteiger partial charge in [0.15, 0.2) is 5.70 Å². The summed E-state index contributed by atoms with van der Waals surface area (Å²) in [6.45, 7) is 13.6. The lowest BCUT2D eigenvalue weighted by Crippen LogP contribution is -2.52. The maximum atomic E-state index is 17.3. The molecule has 0 radical (unpaired) electrons. The quantitative estimate of drug-likeness (QED) is 0.0548. The van der Waals surface area contributed by atoms with Crippen molar-refractivity contribution in [2.75, 3.05) is 0 Å². The van der Waals surface area contributed by atoms with E-state index in [0.29, 0.717) is 35.8 Å². The van der Waals surface area contributed by atoms with Crippen LogP contribution in [0.3, 0.4) is 0 Å². The third-order valence-corrected chi connectivity index (χ3v) is 17.4. The Hall–Kier alpha value is -5.56. The molecule has 66 heavy (non-hydrogen) atoms. The molecule has 2 saturated carbocycles. The number of fused-ring (bicyclic) bond motifs is 15.